The van der Waals surface area contributed by atoms with E-state index >= 15 is 0 Å². The summed E-state index contributed by atoms with van der Waals surface area (Å²) in [5.74, 6) is 0. The predicted octanol–water partition coefficient (Wildman–Crippen LogP) is 2.89. The lowest BCUT2D eigenvalue weighted by Gasteiger charge is -2.14. The number of aromatic nitrogens is 1. The van der Waals surface area contributed by atoms with Crippen LogP contribution in [0.1, 0.15) is 0 Å². The van der Waals surface area contributed by atoms with E-state index in [1.165, 1.54) is 5.69 Å². The lowest BCUT2D eigenvalue weighted by atomic mass is 10.2. The molecule has 16 heavy (non-hydrogen) atoms. The molecule has 1 aromatic heterocycles. The first-order valence-electron chi connectivity index (χ1n) is 5.20. The highest BCUT2D eigenvalue weighted by atomic mass is 15.1. The molecule has 0 unspecified atom stereocenters. The topological polar surface area (TPSA) is 28.2 Å². The van der Waals surface area contributed by atoms with E-state index in [9.17, 15) is 0 Å². The molecule has 0 atom stereocenters. The standard InChI is InChI=1S/C13H15N3/c1-16(2)13-5-3-4-12(10-13)15-11-6-8-14-9-7-11/h3-10H,1-2H3,(H,14,15). The lowest BCUT2D eigenvalue weighted by molar-refractivity contribution is 1.13. The Balaban J connectivity index is 2.19. The minimum Gasteiger partial charge on any atom is -0.378 e. The van der Waals surface area contributed by atoms with Crippen LogP contribution in [0.3, 0.4) is 0 Å². The second-order valence-electron chi connectivity index (χ2n) is 3.81. The fourth-order valence-electron chi connectivity index (χ4n) is 1.46. The highest BCUT2D eigenvalue weighted by molar-refractivity contribution is 5.64. The summed E-state index contributed by atoms with van der Waals surface area (Å²) < 4.78 is 0. The van der Waals surface area contributed by atoms with Crippen molar-refractivity contribution in [3.05, 3.63) is 48.8 Å². The predicted molar refractivity (Wildman–Crippen MR) is 68.3 cm³/mol. The zero-order valence-corrected chi connectivity index (χ0v) is 9.51. The molecule has 2 aromatic rings. The van der Waals surface area contributed by atoms with Gasteiger partial charge in [-0.3, -0.25) is 4.98 Å². The number of hydrogen-bond donors (Lipinski definition) is 1. The molecule has 0 saturated heterocycles. The van der Waals surface area contributed by atoms with E-state index in [0.717, 1.165) is 11.4 Å². The van der Waals surface area contributed by atoms with E-state index in [0.29, 0.717) is 0 Å². The van der Waals surface area contributed by atoms with E-state index in [-0.39, 0.29) is 0 Å². The Hall–Kier alpha value is -2.03. The fourth-order valence-corrected chi connectivity index (χ4v) is 1.46. The quantitative estimate of drug-likeness (QED) is 0.849. The molecule has 0 aliphatic rings. The summed E-state index contributed by atoms with van der Waals surface area (Å²) in [5, 5.41) is 3.33. The number of rotatable bonds is 3. The van der Waals surface area contributed by atoms with Gasteiger partial charge in [0, 0.05) is 43.6 Å². The zero-order valence-electron chi connectivity index (χ0n) is 9.51. The van der Waals surface area contributed by atoms with Gasteiger partial charge in [0.15, 0.2) is 0 Å². The molecule has 0 amide bonds. The maximum Gasteiger partial charge on any atom is 0.0415 e. The van der Waals surface area contributed by atoms with Gasteiger partial charge in [0.2, 0.25) is 0 Å². The highest BCUT2D eigenvalue weighted by Gasteiger charge is 1.97. The third kappa shape index (κ3) is 2.51. The molecule has 0 aliphatic carbocycles. The van der Waals surface area contributed by atoms with Crippen molar-refractivity contribution >= 4 is 17.1 Å². The number of nitrogens with one attached hydrogen (secondary N) is 1. The third-order valence-corrected chi connectivity index (χ3v) is 2.33. The average Bonchev–Trinajstić information content (AvgIpc) is 2.30. The van der Waals surface area contributed by atoms with Crippen LogP contribution in [0.5, 0.6) is 0 Å². The van der Waals surface area contributed by atoms with Crippen LogP contribution in [-0.4, -0.2) is 19.1 Å². The number of anilines is 3. The van der Waals surface area contributed by atoms with Gasteiger partial charge in [-0.1, -0.05) is 6.07 Å². The third-order valence-electron chi connectivity index (χ3n) is 2.33. The minimum absolute atomic E-state index is 1.05. The van der Waals surface area contributed by atoms with Crippen molar-refractivity contribution in [1.82, 2.24) is 4.98 Å². The average molecular weight is 213 g/mol. The molecule has 0 aliphatic heterocycles. The largest absolute Gasteiger partial charge is 0.378 e. The minimum atomic E-state index is 1.05. The first-order chi connectivity index (χ1) is 7.75. The van der Waals surface area contributed by atoms with Gasteiger partial charge in [-0.05, 0) is 30.3 Å². The zero-order chi connectivity index (χ0) is 11.4. The smallest absolute Gasteiger partial charge is 0.0415 e. The van der Waals surface area contributed by atoms with Crippen LogP contribution >= 0.6 is 0 Å². The van der Waals surface area contributed by atoms with Gasteiger partial charge in [0.05, 0.1) is 0 Å². The molecule has 1 heterocycles. The molecule has 1 aromatic carbocycles. The Morgan fingerprint density at radius 2 is 1.75 bits per heavy atom. The molecule has 82 valence electrons. The first kappa shape index (κ1) is 10.5. The summed E-state index contributed by atoms with van der Waals surface area (Å²) in [4.78, 5) is 6.07. The fraction of sp³-hybridized carbons (Fsp3) is 0.154. The Labute approximate surface area is 95.7 Å². The SMILES string of the molecule is CN(C)c1cccc(Nc2ccncc2)c1. The van der Waals surface area contributed by atoms with Crippen molar-refractivity contribution in [3.63, 3.8) is 0 Å². The van der Waals surface area contributed by atoms with Gasteiger partial charge >= 0.3 is 0 Å². The Bertz CT molecular complexity index is 452. The molecule has 1 N–H and O–H groups in total. The number of pyridine rings is 1. The number of nitrogens with zero attached hydrogens (tertiary/aromatic N) is 2. The molecule has 0 radical (unpaired) electrons. The van der Waals surface area contributed by atoms with Gasteiger partial charge in [-0.2, -0.15) is 0 Å². The van der Waals surface area contributed by atoms with E-state index < -0.39 is 0 Å². The van der Waals surface area contributed by atoms with Crippen LogP contribution < -0.4 is 10.2 Å². The van der Waals surface area contributed by atoms with Gasteiger partial charge in [-0.15, -0.1) is 0 Å². The summed E-state index contributed by atoms with van der Waals surface area (Å²) in [6.07, 6.45) is 3.55. The maximum atomic E-state index is 3.98. The number of benzene rings is 1. The van der Waals surface area contributed by atoms with Crippen molar-refractivity contribution in [2.45, 2.75) is 0 Å². The Morgan fingerprint density at radius 3 is 2.44 bits per heavy atom. The molecular formula is C13H15N3. The van der Waals surface area contributed by atoms with Crippen LogP contribution in [0.15, 0.2) is 48.8 Å². The van der Waals surface area contributed by atoms with Gasteiger partial charge < -0.3 is 10.2 Å². The van der Waals surface area contributed by atoms with Crippen molar-refractivity contribution < 1.29 is 0 Å². The molecule has 0 spiro atoms. The summed E-state index contributed by atoms with van der Waals surface area (Å²) in [6, 6.07) is 12.2. The molecule has 0 saturated carbocycles. The van der Waals surface area contributed by atoms with Crippen molar-refractivity contribution in [1.29, 1.82) is 0 Å². The van der Waals surface area contributed by atoms with Crippen LogP contribution in [0, 0.1) is 0 Å². The van der Waals surface area contributed by atoms with Crippen molar-refractivity contribution in [2.75, 3.05) is 24.3 Å². The normalized spacial score (nSPS) is 9.88. The molecule has 0 bridgehead atoms. The summed E-state index contributed by atoms with van der Waals surface area (Å²) in [5.41, 5.74) is 3.31. The second-order valence-corrected chi connectivity index (χ2v) is 3.81. The first-order valence-corrected chi connectivity index (χ1v) is 5.20. The van der Waals surface area contributed by atoms with Gasteiger partial charge in [0.25, 0.3) is 0 Å². The van der Waals surface area contributed by atoms with E-state index in [4.69, 9.17) is 0 Å². The maximum absolute atomic E-state index is 3.98. The Kier molecular flexibility index (Phi) is 3.05. The molecule has 3 nitrogen and oxygen atoms in total. The highest BCUT2D eigenvalue weighted by Crippen LogP contribution is 2.20. The van der Waals surface area contributed by atoms with Crippen LogP contribution in [-0.2, 0) is 0 Å². The van der Waals surface area contributed by atoms with Crippen molar-refractivity contribution in [2.24, 2.45) is 0 Å². The van der Waals surface area contributed by atoms with E-state index in [1.807, 2.05) is 38.4 Å². The summed E-state index contributed by atoms with van der Waals surface area (Å²) in [6.45, 7) is 0. The number of hydrogen-bond acceptors (Lipinski definition) is 3. The Morgan fingerprint density at radius 1 is 1.00 bits per heavy atom. The van der Waals surface area contributed by atoms with Gasteiger partial charge in [-0.25, -0.2) is 0 Å². The van der Waals surface area contributed by atoms with Crippen molar-refractivity contribution in [3.8, 4) is 0 Å². The van der Waals surface area contributed by atoms with Crippen LogP contribution in [0.2, 0.25) is 0 Å². The molecule has 0 fully saturated rings. The lowest BCUT2D eigenvalue weighted by Crippen LogP contribution is -2.08. The van der Waals surface area contributed by atoms with E-state index in [1.54, 1.807) is 12.4 Å². The monoisotopic (exact) mass is 213 g/mol. The van der Waals surface area contributed by atoms with Gasteiger partial charge in [0.1, 0.15) is 0 Å². The molecular weight excluding hydrogens is 198 g/mol. The van der Waals surface area contributed by atoms with Crippen LogP contribution in [0.4, 0.5) is 17.1 Å². The summed E-state index contributed by atoms with van der Waals surface area (Å²) >= 11 is 0. The van der Waals surface area contributed by atoms with E-state index in [2.05, 4.69) is 27.3 Å². The molecule has 3 heteroatoms. The van der Waals surface area contributed by atoms with Crippen LogP contribution in [0.25, 0.3) is 0 Å². The summed E-state index contributed by atoms with van der Waals surface area (Å²) in [7, 11) is 4.07. The molecule has 2 rings (SSSR count). The second kappa shape index (κ2) is 4.66.